The first-order valence-corrected chi connectivity index (χ1v) is 20.2. The van der Waals surface area contributed by atoms with Crippen molar-refractivity contribution in [1.82, 2.24) is 24.5 Å². The monoisotopic (exact) mass is 759 g/mol. The third-order valence-corrected chi connectivity index (χ3v) is 11.2. The van der Waals surface area contributed by atoms with Crippen LogP contribution in [0.1, 0.15) is 37.1 Å². The largest absolute Gasteiger partial charge is 0.309 e. The summed E-state index contributed by atoms with van der Waals surface area (Å²) in [6.07, 6.45) is 12.6. The molecule has 9 aromatic rings. The molecular weight excluding hydrogens is 719 g/mol. The van der Waals surface area contributed by atoms with E-state index in [-0.39, 0.29) is 0 Å². The fraction of sp³-hybridized carbons (Fsp3) is 0.0741. The Balaban J connectivity index is 1.10. The van der Waals surface area contributed by atoms with E-state index in [1.54, 1.807) is 0 Å². The molecule has 59 heavy (non-hydrogen) atoms. The minimum Gasteiger partial charge on any atom is -0.309 e. The van der Waals surface area contributed by atoms with Crippen molar-refractivity contribution >= 4 is 33.5 Å². The van der Waals surface area contributed by atoms with Crippen LogP contribution in [0.5, 0.6) is 0 Å². The molecule has 10 rings (SSSR count). The summed E-state index contributed by atoms with van der Waals surface area (Å²) in [5, 5.41) is 2.37. The van der Waals surface area contributed by atoms with Gasteiger partial charge in [0.25, 0.3) is 0 Å². The Bertz CT molecular complexity index is 3060. The second-order valence-electron chi connectivity index (χ2n) is 15.0. The molecule has 0 aliphatic heterocycles. The predicted octanol–water partition coefficient (Wildman–Crippen LogP) is 13.6. The van der Waals surface area contributed by atoms with Crippen LogP contribution in [-0.4, -0.2) is 24.5 Å². The van der Waals surface area contributed by atoms with Crippen molar-refractivity contribution in [3.05, 3.63) is 199 Å². The first kappa shape index (κ1) is 35.9. The number of aromatic nitrogens is 5. The number of para-hydroxylation sites is 2. The van der Waals surface area contributed by atoms with Crippen LogP contribution in [0.2, 0.25) is 0 Å². The average molecular weight is 760 g/mol. The Kier molecular flexibility index (Phi) is 9.39. The van der Waals surface area contributed by atoms with Crippen molar-refractivity contribution < 1.29 is 0 Å². The molecule has 3 heterocycles. The van der Waals surface area contributed by atoms with Gasteiger partial charge in [-0.3, -0.25) is 0 Å². The van der Waals surface area contributed by atoms with Crippen molar-refractivity contribution in [1.29, 1.82) is 0 Å². The van der Waals surface area contributed by atoms with Crippen molar-refractivity contribution in [3.63, 3.8) is 0 Å². The van der Waals surface area contributed by atoms with E-state index in [0.717, 1.165) is 63.3 Å². The number of allylic oxidation sites excluding steroid dienone is 5. The van der Waals surface area contributed by atoms with Gasteiger partial charge in [-0.2, -0.15) is 0 Å². The molecule has 0 bridgehead atoms. The molecule has 0 spiro atoms. The van der Waals surface area contributed by atoms with Gasteiger partial charge in [-0.05, 0) is 73.2 Å². The Labute approximate surface area is 344 Å². The lowest BCUT2D eigenvalue weighted by atomic mass is 9.95. The molecular formula is C54H41N5. The highest BCUT2D eigenvalue weighted by atomic mass is 15.0. The highest BCUT2D eigenvalue weighted by Crippen LogP contribution is 2.42. The maximum absolute atomic E-state index is 5.39. The lowest BCUT2D eigenvalue weighted by Gasteiger charge is -2.17. The van der Waals surface area contributed by atoms with E-state index in [4.69, 9.17) is 19.9 Å². The Hall–Kier alpha value is -7.50. The number of aryl methyl sites for hydroxylation is 1. The molecule has 0 radical (unpaired) electrons. The van der Waals surface area contributed by atoms with Gasteiger partial charge < -0.3 is 4.57 Å². The van der Waals surface area contributed by atoms with Gasteiger partial charge in [0.05, 0.1) is 22.4 Å². The quantitative estimate of drug-likeness (QED) is 0.145. The zero-order valence-corrected chi connectivity index (χ0v) is 33.0. The minimum absolute atomic E-state index is 0.615. The van der Waals surface area contributed by atoms with Crippen molar-refractivity contribution in [2.24, 2.45) is 0 Å². The number of hydrogen-bond donors (Lipinski definition) is 0. The normalized spacial score (nSPS) is 12.7. The summed E-state index contributed by atoms with van der Waals surface area (Å²) in [5.74, 6) is 1.87. The van der Waals surface area contributed by atoms with Crippen molar-refractivity contribution in [3.8, 4) is 62.2 Å². The van der Waals surface area contributed by atoms with E-state index in [9.17, 15) is 0 Å². The lowest BCUT2D eigenvalue weighted by Crippen LogP contribution is -2.04. The summed E-state index contributed by atoms with van der Waals surface area (Å²) < 4.78 is 2.43. The summed E-state index contributed by atoms with van der Waals surface area (Å²) in [4.78, 5) is 20.7. The number of hydrogen-bond acceptors (Lipinski definition) is 4. The number of benzene rings is 6. The third kappa shape index (κ3) is 6.77. The van der Waals surface area contributed by atoms with Gasteiger partial charge in [-0.15, -0.1) is 0 Å². The van der Waals surface area contributed by atoms with Gasteiger partial charge in [0.15, 0.2) is 17.5 Å². The minimum atomic E-state index is 0.615. The van der Waals surface area contributed by atoms with Gasteiger partial charge in [0.1, 0.15) is 0 Å². The second kappa shape index (κ2) is 15.4. The van der Waals surface area contributed by atoms with Crippen LogP contribution in [0, 0.1) is 0 Å². The summed E-state index contributed by atoms with van der Waals surface area (Å²) in [6.45, 7) is 4.15. The van der Waals surface area contributed by atoms with E-state index in [1.807, 2.05) is 19.1 Å². The predicted molar refractivity (Wildman–Crippen MR) is 245 cm³/mol. The zero-order chi connectivity index (χ0) is 39.7. The summed E-state index contributed by atoms with van der Waals surface area (Å²) in [7, 11) is 0. The first-order chi connectivity index (χ1) is 29.1. The standard InChI is InChI=1S/C54H41N5/c1-3-4-15-36(2)37-24-30-41(31-25-37)52-56-53(42-32-26-39(27-33-42)38-16-7-5-8-17-38)58-54(57-52)43-34-28-40(29-35-43)50-49-46-21-12-14-23-48(46)59(44-18-9-6-10-19-44)51(49)45-20-11-13-22-47(45)55-50/h3-10,12-19,21-35H,11,20H2,1-2H3/b4-3-,36-15+. The molecule has 0 atom stereocenters. The first-order valence-electron chi connectivity index (χ1n) is 20.2. The van der Waals surface area contributed by atoms with Gasteiger partial charge in [0, 0.05) is 44.3 Å². The molecule has 0 saturated carbocycles. The molecule has 282 valence electrons. The fourth-order valence-corrected chi connectivity index (χ4v) is 8.19. The SMILES string of the molecule is C/C=C\C=C(/C)c1ccc(-c2nc(-c3ccc(-c4ccccc4)cc3)nc(-c3ccc(-c4nc5c(c6c4c4ccccc4n6-c4ccccc4)CCC=C5)cc3)n2)cc1. The van der Waals surface area contributed by atoms with Crippen LogP contribution in [0.25, 0.3) is 95.7 Å². The fourth-order valence-electron chi connectivity index (χ4n) is 8.19. The zero-order valence-electron chi connectivity index (χ0n) is 33.0. The highest BCUT2D eigenvalue weighted by Gasteiger charge is 2.24. The molecule has 5 nitrogen and oxygen atoms in total. The highest BCUT2D eigenvalue weighted by molar-refractivity contribution is 6.16. The molecule has 1 aliphatic carbocycles. The van der Waals surface area contributed by atoms with E-state index in [0.29, 0.717) is 17.5 Å². The smallest absolute Gasteiger partial charge is 0.164 e. The maximum Gasteiger partial charge on any atom is 0.164 e. The van der Waals surface area contributed by atoms with Gasteiger partial charge in [-0.25, -0.2) is 19.9 Å². The second-order valence-corrected chi connectivity index (χ2v) is 15.0. The molecule has 0 N–H and O–H groups in total. The van der Waals surface area contributed by atoms with Gasteiger partial charge in [0.2, 0.25) is 0 Å². The van der Waals surface area contributed by atoms with E-state index < -0.39 is 0 Å². The maximum atomic E-state index is 5.39. The molecule has 0 amide bonds. The topological polar surface area (TPSA) is 56.5 Å². The number of fused-ring (bicyclic) bond motifs is 5. The molecule has 5 heteroatoms. The summed E-state index contributed by atoms with van der Waals surface area (Å²) in [6, 6.07) is 55.3. The van der Waals surface area contributed by atoms with Gasteiger partial charge in [-0.1, -0.05) is 164 Å². The van der Waals surface area contributed by atoms with Gasteiger partial charge >= 0.3 is 0 Å². The van der Waals surface area contributed by atoms with E-state index in [2.05, 4.69) is 187 Å². The number of nitrogens with zero attached hydrogens (tertiary/aromatic N) is 5. The Morgan fingerprint density at radius 2 is 1.10 bits per heavy atom. The van der Waals surface area contributed by atoms with Crippen molar-refractivity contribution in [2.75, 3.05) is 0 Å². The van der Waals surface area contributed by atoms with E-state index >= 15 is 0 Å². The summed E-state index contributed by atoms with van der Waals surface area (Å²) in [5.41, 5.74) is 15.3. The Morgan fingerprint density at radius 3 is 1.75 bits per heavy atom. The van der Waals surface area contributed by atoms with E-state index in [1.165, 1.54) is 38.5 Å². The van der Waals surface area contributed by atoms with Crippen LogP contribution in [0.4, 0.5) is 0 Å². The molecule has 0 unspecified atom stereocenters. The molecule has 0 fully saturated rings. The van der Waals surface area contributed by atoms with Crippen LogP contribution < -0.4 is 0 Å². The molecule has 6 aromatic carbocycles. The van der Waals surface area contributed by atoms with Crippen LogP contribution in [0.15, 0.2) is 182 Å². The lowest BCUT2D eigenvalue weighted by molar-refractivity contribution is 0.967. The molecule has 1 aliphatic rings. The average Bonchev–Trinajstić information content (AvgIpc) is 3.67. The third-order valence-electron chi connectivity index (χ3n) is 11.2. The molecule has 0 saturated heterocycles. The number of rotatable bonds is 8. The van der Waals surface area contributed by atoms with Crippen LogP contribution in [-0.2, 0) is 6.42 Å². The Morgan fingerprint density at radius 1 is 0.559 bits per heavy atom. The van der Waals surface area contributed by atoms with Crippen molar-refractivity contribution in [2.45, 2.75) is 26.7 Å². The summed E-state index contributed by atoms with van der Waals surface area (Å²) >= 11 is 0. The molecule has 3 aromatic heterocycles. The van der Waals surface area contributed by atoms with Crippen LogP contribution >= 0.6 is 0 Å². The van der Waals surface area contributed by atoms with Crippen LogP contribution in [0.3, 0.4) is 0 Å². The number of pyridine rings is 1.